The first kappa shape index (κ1) is 18.6. The minimum Gasteiger partial charge on any atom is -0.379 e. The maximum absolute atomic E-state index is 12.9. The van der Waals surface area contributed by atoms with Crippen LogP contribution in [0.25, 0.3) is 0 Å². The van der Waals surface area contributed by atoms with Crippen molar-refractivity contribution in [2.45, 2.75) is 30.3 Å². The predicted octanol–water partition coefficient (Wildman–Crippen LogP) is 3.04. The molecule has 0 spiro atoms. The minimum atomic E-state index is -3.45. The van der Waals surface area contributed by atoms with Crippen molar-refractivity contribution in [1.29, 1.82) is 0 Å². The van der Waals surface area contributed by atoms with E-state index in [0.717, 1.165) is 25.1 Å². The zero-order valence-corrected chi connectivity index (χ0v) is 16.3. The van der Waals surface area contributed by atoms with E-state index in [1.54, 1.807) is 6.07 Å². The van der Waals surface area contributed by atoms with Crippen LogP contribution < -0.4 is 0 Å². The van der Waals surface area contributed by atoms with Gasteiger partial charge in [-0.15, -0.1) is 0 Å². The monoisotopic (exact) mass is 386 g/mol. The zero-order chi connectivity index (χ0) is 18.7. The zero-order valence-electron chi connectivity index (χ0n) is 15.5. The highest BCUT2D eigenvalue weighted by Gasteiger charge is 2.28. The third-order valence-electron chi connectivity index (χ3n) is 5.44. The standard InChI is InChI=1S/C21H26N2O3S/c24-27(25,23-12-14-26-15-13-23)20-9-4-6-18(16-20)17-22-11-5-10-21(22)19-7-2-1-3-8-19/h1-4,6-9,16,21H,5,10-15,17H2. The Hall–Kier alpha value is -1.73. The van der Waals surface area contributed by atoms with Crippen LogP contribution in [0.2, 0.25) is 0 Å². The van der Waals surface area contributed by atoms with E-state index in [9.17, 15) is 8.42 Å². The topological polar surface area (TPSA) is 49.9 Å². The highest BCUT2D eigenvalue weighted by molar-refractivity contribution is 7.89. The summed E-state index contributed by atoms with van der Waals surface area (Å²) in [4.78, 5) is 2.84. The molecule has 0 aliphatic carbocycles. The van der Waals surface area contributed by atoms with E-state index in [1.165, 1.54) is 16.3 Å². The molecule has 144 valence electrons. The SMILES string of the molecule is O=S(=O)(c1cccc(CN2CCCC2c2ccccc2)c1)N1CCOCC1. The minimum absolute atomic E-state index is 0.386. The summed E-state index contributed by atoms with van der Waals surface area (Å²) >= 11 is 0. The Balaban J connectivity index is 1.52. The molecule has 2 saturated heterocycles. The lowest BCUT2D eigenvalue weighted by molar-refractivity contribution is 0.0730. The Morgan fingerprint density at radius 2 is 1.74 bits per heavy atom. The van der Waals surface area contributed by atoms with E-state index in [2.05, 4.69) is 29.2 Å². The second-order valence-corrected chi connectivity index (χ2v) is 9.14. The van der Waals surface area contributed by atoms with E-state index in [-0.39, 0.29) is 0 Å². The van der Waals surface area contributed by atoms with Gasteiger partial charge in [-0.25, -0.2) is 8.42 Å². The number of hydrogen-bond acceptors (Lipinski definition) is 4. The molecule has 0 amide bonds. The smallest absolute Gasteiger partial charge is 0.243 e. The molecular weight excluding hydrogens is 360 g/mol. The number of likely N-dealkylation sites (tertiary alicyclic amines) is 1. The van der Waals surface area contributed by atoms with Gasteiger partial charge < -0.3 is 4.74 Å². The first-order valence-electron chi connectivity index (χ1n) is 9.60. The molecule has 0 aromatic heterocycles. The molecule has 6 heteroatoms. The molecular formula is C21H26N2O3S. The molecule has 5 nitrogen and oxygen atoms in total. The van der Waals surface area contributed by atoms with E-state index >= 15 is 0 Å². The molecule has 2 fully saturated rings. The maximum atomic E-state index is 12.9. The van der Waals surface area contributed by atoms with Crippen LogP contribution in [0.5, 0.6) is 0 Å². The van der Waals surface area contributed by atoms with Gasteiger partial charge in [-0.1, -0.05) is 42.5 Å². The van der Waals surface area contributed by atoms with Gasteiger partial charge in [-0.2, -0.15) is 4.31 Å². The molecule has 27 heavy (non-hydrogen) atoms. The molecule has 0 saturated carbocycles. The largest absolute Gasteiger partial charge is 0.379 e. The third kappa shape index (κ3) is 4.09. The third-order valence-corrected chi connectivity index (χ3v) is 7.33. The van der Waals surface area contributed by atoms with Gasteiger partial charge in [-0.3, -0.25) is 4.90 Å². The Bertz CT molecular complexity index is 864. The van der Waals surface area contributed by atoms with Gasteiger partial charge in [0.05, 0.1) is 18.1 Å². The average Bonchev–Trinajstić information content (AvgIpc) is 3.17. The second kappa shape index (κ2) is 8.10. The van der Waals surface area contributed by atoms with Crippen molar-refractivity contribution < 1.29 is 13.2 Å². The Labute approximate surface area is 161 Å². The Morgan fingerprint density at radius 3 is 2.52 bits per heavy atom. The molecule has 4 rings (SSSR count). The fourth-order valence-electron chi connectivity index (χ4n) is 4.04. The lowest BCUT2D eigenvalue weighted by Crippen LogP contribution is -2.40. The molecule has 2 aromatic carbocycles. The Morgan fingerprint density at radius 1 is 0.963 bits per heavy atom. The summed E-state index contributed by atoms with van der Waals surface area (Å²) in [6.45, 7) is 3.59. The van der Waals surface area contributed by atoms with E-state index in [4.69, 9.17) is 4.74 Å². The summed E-state index contributed by atoms with van der Waals surface area (Å²) in [5, 5.41) is 0. The van der Waals surface area contributed by atoms with Gasteiger partial charge in [-0.05, 0) is 42.6 Å². The summed E-state index contributed by atoms with van der Waals surface area (Å²) in [6, 6.07) is 18.4. The molecule has 1 atom stereocenters. The van der Waals surface area contributed by atoms with Gasteiger partial charge in [0.2, 0.25) is 10.0 Å². The lowest BCUT2D eigenvalue weighted by Gasteiger charge is -2.27. The first-order chi connectivity index (χ1) is 13.1. The van der Waals surface area contributed by atoms with Crippen molar-refractivity contribution in [3.8, 4) is 0 Å². The van der Waals surface area contributed by atoms with Crippen molar-refractivity contribution in [1.82, 2.24) is 9.21 Å². The summed E-state index contributed by atoms with van der Waals surface area (Å²) in [5.41, 5.74) is 2.39. The van der Waals surface area contributed by atoms with Crippen LogP contribution in [0.1, 0.15) is 30.0 Å². The highest BCUT2D eigenvalue weighted by atomic mass is 32.2. The molecule has 0 radical (unpaired) electrons. The molecule has 2 aliphatic heterocycles. The Kier molecular flexibility index (Phi) is 5.59. The van der Waals surface area contributed by atoms with Crippen LogP contribution in [0.15, 0.2) is 59.5 Å². The first-order valence-corrected chi connectivity index (χ1v) is 11.0. The van der Waals surface area contributed by atoms with Crippen molar-refractivity contribution in [2.24, 2.45) is 0 Å². The van der Waals surface area contributed by atoms with Gasteiger partial charge in [0, 0.05) is 25.7 Å². The molecule has 0 N–H and O–H groups in total. The van der Waals surface area contributed by atoms with Crippen LogP contribution in [0.3, 0.4) is 0 Å². The van der Waals surface area contributed by atoms with E-state index < -0.39 is 10.0 Å². The van der Waals surface area contributed by atoms with E-state index in [0.29, 0.717) is 37.2 Å². The van der Waals surface area contributed by atoms with Crippen LogP contribution in [-0.4, -0.2) is 50.5 Å². The van der Waals surface area contributed by atoms with Gasteiger partial charge in [0.25, 0.3) is 0 Å². The lowest BCUT2D eigenvalue weighted by atomic mass is 10.0. The average molecular weight is 387 g/mol. The molecule has 1 unspecified atom stereocenters. The summed E-state index contributed by atoms with van der Waals surface area (Å²) in [5.74, 6) is 0. The fraction of sp³-hybridized carbons (Fsp3) is 0.429. The molecule has 2 heterocycles. The molecule has 0 bridgehead atoms. The summed E-state index contributed by atoms with van der Waals surface area (Å²) in [6.07, 6.45) is 2.32. The van der Waals surface area contributed by atoms with Crippen LogP contribution in [0, 0.1) is 0 Å². The van der Waals surface area contributed by atoms with Crippen molar-refractivity contribution in [3.05, 3.63) is 65.7 Å². The summed E-state index contributed by atoms with van der Waals surface area (Å²) < 4.78 is 32.6. The fourth-order valence-corrected chi connectivity index (χ4v) is 5.52. The number of morpholine rings is 1. The van der Waals surface area contributed by atoms with Crippen molar-refractivity contribution in [2.75, 3.05) is 32.8 Å². The van der Waals surface area contributed by atoms with Crippen molar-refractivity contribution >= 4 is 10.0 Å². The van der Waals surface area contributed by atoms with E-state index in [1.807, 2.05) is 24.3 Å². The second-order valence-electron chi connectivity index (χ2n) is 7.20. The maximum Gasteiger partial charge on any atom is 0.243 e. The van der Waals surface area contributed by atoms with Gasteiger partial charge in [0.1, 0.15) is 0 Å². The van der Waals surface area contributed by atoms with Crippen LogP contribution >= 0.6 is 0 Å². The number of ether oxygens (including phenoxy) is 1. The van der Waals surface area contributed by atoms with Crippen LogP contribution in [0.4, 0.5) is 0 Å². The number of hydrogen-bond donors (Lipinski definition) is 0. The van der Waals surface area contributed by atoms with Gasteiger partial charge in [0.15, 0.2) is 0 Å². The highest BCUT2D eigenvalue weighted by Crippen LogP contribution is 2.33. The molecule has 2 aromatic rings. The normalized spacial score (nSPS) is 22.1. The number of benzene rings is 2. The van der Waals surface area contributed by atoms with Crippen LogP contribution in [-0.2, 0) is 21.3 Å². The number of rotatable bonds is 5. The molecule has 2 aliphatic rings. The van der Waals surface area contributed by atoms with Gasteiger partial charge >= 0.3 is 0 Å². The number of sulfonamides is 1. The number of nitrogens with zero attached hydrogens (tertiary/aromatic N) is 2. The quantitative estimate of drug-likeness (QED) is 0.793. The van der Waals surface area contributed by atoms with Crippen molar-refractivity contribution in [3.63, 3.8) is 0 Å². The predicted molar refractivity (Wildman–Crippen MR) is 105 cm³/mol. The summed E-state index contributed by atoms with van der Waals surface area (Å²) in [7, 11) is -3.45.